The molecule has 21 heavy (non-hydrogen) atoms. The predicted octanol–water partition coefficient (Wildman–Crippen LogP) is 2.38. The molecule has 112 valence electrons. The van der Waals surface area contributed by atoms with Crippen LogP contribution in [0.4, 0.5) is 0 Å². The number of aryl methyl sites for hydroxylation is 1. The van der Waals surface area contributed by atoms with Crippen molar-refractivity contribution in [2.24, 2.45) is 0 Å². The van der Waals surface area contributed by atoms with Crippen LogP contribution in [-0.4, -0.2) is 27.6 Å². The predicted molar refractivity (Wildman–Crippen MR) is 79.4 cm³/mol. The number of rotatable bonds is 5. The number of methoxy groups -OCH3 is 2. The molecule has 1 aromatic heterocycles. The first-order valence-electron chi connectivity index (χ1n) is 6.33. The highest BCUT2D eigenvalue weighted by molar-refractivity contribution is 7.90. The minimum Gasteiger partial charge on any atom is -0.493 e. The van der Waals surface area contributed by atoms with Crippen molar-refractivity contribution in [1.29, 1.82) is 0 Å². The number of aromatic nitrogens is 1. The molecule has 2 aromatic rings. The smallest absolute Gasteiger partial charge is 0.184 e. The lowest BCUT2D eigenvalue weighted by Gasteiger charge is -2.12. The second-order valence-electron chi connectivity index (χ2n) is 4.57. The van der Waals surface area contributed by atoms with E-state index in [0.717, 1.165) is 5.56 Å². The first kappa shape index (κ1) is 15.3. The second kappa shape index (κ2) is 6.13. The molecule has 0 bridgehead atoms. The Morgan fingerprint density at radius 1 is 1.14 bits per heavy atom. The van der Waals surface area contributed by atoms with Crippen LogP contribution < -0.4 is 9.47 Å². The molecule has 0 saturated heterocycles. The fourth-order valence-corrected chi connectivity index (χ4v) is 3.41. The van der Waals surface area contributed by atoms with Crippen molar-refractivity contribution >= 4 is 9.84 Å². The van der Waals surface area contributed by atoms with Crippen LogP contribution in [0.5, 0.6) is 11.5 Å². The largest absolute Gasteiger partial charge is 0.493 e. The molecule has 5 nitrogen and oxygen atoms in total. The quantitative estimate of drug-likeness (QED) is 0.848. The van der Waals surface area contributed by atoms with E-state index in [1.165, 1.54) is 20.4 Å². The summed E-state index contributed by atoms with van der Waals surface area (Å²) in [7, 11) is -0.534. The number of hydrogen-bond donors (Lipinski definition) is 0. The van der Waals surface area contributed by atoms with Gasteiger partial charge in [-0.2, -0.15) is 0 Å². The van der Waals surface area contributed by atoms with Crippen LogP contribution in [0.15, 0.2) is 41.4 Å². The summed E-state index contributed by atoms with van der Waals surface area (Å²) in [5, 5.41) is 0. The van der Waals surface area contributed by atoms with Crippen molar-refractivity contribution in [3.63, 3.8) is 0 Å². The maximum Gasteiger partial charge on any atom is 0.184 e. The first-order chi connectivity index (χ1) is 9.97. The van der Waals surface area contributed by atoms with E-state index in [4.69, 9.17) is 9.47 Å². The Kier molecular flexibility index (Phi) is 4.47. The lowest BCUT2D eigenvalue weighted by Crippen LogP contribution is -2.08. The molecule has 0 radical (unpaired) electrons. The van der Waals surface area contributed by atoms with Gasteiger partial charge in [-0.05, 0) is 24.6 Å². The van der Waals surface area contributed by atoms with Crippen LogP contribution in [0.1, 0.15) is 11.3 Å². The maximum absolute atomic E-state index is 12.5. The Morgan fingerprint density at radius 2 is 1.90 bits per heavy atom. The van der Waals surface area contributed by atoms with Gasteiger partial charge in [0.1, 0.15) is 11.4 Å². The third kappa shape index (κ3) is 3.33. The monoisotopic (exact) mass is 307 g/mol. The van der Waals surface area contributed by atoms with Crippen molar-refractivity contribution in [2.75, 3.05) is 14.2 Å². The van der Waals surface area contributed by atoms with Crippen LogP contribution in [-0.2, 0) is 15.6 Å². The lowest BCUT2D eigenvalue weighted by molar-refractivity contribution is 0.350. The molecule has 0 amide bonds. The summed E-state index contributed by atoms with van der Waals surface area (Å²) in [6, 6.07) is 8.42. The van der Waals surface area contributed by atoms with E-state index in [-0.39, 0.29) is 10.6 Å². The summed E-state index contributed by atoms with van der Waals surface area (Å²) in [4.78, 5) is 4.38. The van der Waals surface area contributed by atoms with Crippen molar-refractivity contribution in [1.82, 2.24) is 4.98 Å². The molecule has 0 aliphatic carbocycles. The highest BCUT2D eigenvalue weighted by Gasteiger charge is 2.21. The van der Waals surface area contributed by atoms with E-state index in [2.05, 4.69) is 4.98 Å². The summed E-state index contributed by atoms with van der Waals surface area (Å²) in [5.74, 6) is 0.565. The van der Waals surface area contributed by atoms with E-state index in [1.807, 2.05) is 13.0 Å². The molecule has 2 rings (SSSR count). The Labute approximate surface area is 124 Å². The zero-order chi connectivity index (χ0) is 15.5. The highest BCUT2D eigenvalue weighted by atomic mass is 32.2. The van der Waals surface area contributed by atoms with Crippen molar-refractivity contribution < 1.29 is 17.9 Å². The number of nitrogens with zero attached hydrogens (tertiary/aromatic N) is 1. The molecule has 1 aromatic carbocycles. The average Bonchev–Trinajstić information content (AvgIpc) is 2.46. The minimum atomic E-state index is -3.49. The summed E-state index contributed by atoms with van der Waals surface area (Å²) in [6.45, 7) is 1.85. The van der Waals surface area contributed by atoms with E-state index < -0.39 is 9.84 Å². The Balaban J connectivity index is 2.42. The van der Waals surface area contributed by atoms with E-state index >= 15 is 0 Å². The number of sulfone groups is 1. The molecule has 0 atom stereocenters. The van der Waals surface area contributed by atoms with Gasteiger partial charge >= 0.3 is 0 Å². The third-order valence-electron chi connectivity index (χ3n) is 3.04. The number of benzene rings is 1. The molecule has 6 heteroatoms. The molecule has 0 aliphatic rings. The van der Waals surface area contributed by atoms with E-state index in [9.17, 15) is 8.42 Å². The number of hydrogen-bond acceptors (Lipinski definition) is 5. The van der Waals surface area contributed by atoms with E-state index in [0.29, 0.717) is 17.2 Å². The van der Waals surface area contributed by atoms with Gasteiger partial charge in [0.2, 0.25) is 0 Å². The van der Waals surface area contributed by atoms with Gasteiger partial charge in [0.05, 0.1) is 19.1 Å². The normalized spacial score (nSPS) is 11.2. The van der Waals surface area contributed by atoms with Crippen LogP contribution in [0.2, 0.25) is 0 Å². The Hall–Kier alpha value is -2.08. The highest BCUT2D eigenvalue weighted by Crippen LogP contribution is 2.31. The topological polar surface area (TPSA) is 65.5 Å². The number of pyridine rings is 1. The molecular formula is C15H17NO4S. The van der Waals surface area contributed by atoms with E-state index in [1.54, 1.807) is 24.3 Å². The number of ether oxygens (including phenoxy) is 2. The Bertz CT molecular complexity index is 741. The molecule has 0 saturated carbocycles. The zero-order valence-corrected chi connectivity index (χ0v) is 13.0. The van der Waals surface area contributed by atoms with Gasteiger partial charge in [-0.1, -0.05) is 12.1 Å². The fourth-order valence-electron chi connectivity index (χ4n) is 2.03. The fraction of sp³-hybridized carbons (Fsp3) is 0.267. The lowest BCUT2D eigenvalue weighted by atomic mass is 10.2. The SMILES string of the molecule is COc1ccnc(CS(=O)(=O)c2cccc(C)c2)c1OC. The Morgan fingerprint density at radius 3 is 2.52 bits per heavy atom. The van der Waals surface area contributed by atoms with Gasteiger partial charge in [-0.15, -0.1) is 0 Å². The molecule has 0 aliphatic heterocycles. The average molecular weight is 307 g/mol. The van der Waals surface area contributed by atoms with Gasteiger partial charge in [-0.3, -0.25) is 4.98 Å². The van der Waals surface area contributed by atoms with Crippen LogP contribution in [0.25, 0.3) is 0 Å². The summed E-state index contributed by atoms with van der Waals surface area (Å²) in [6.07, 6.45) is 1.50. The maximum atomic E-state index is 12.5. The molecule has 0 N–H and O–H groups in total. The van der Waals surface area contributed by atoms with Gasteiger partial charge in [0, 0.05) is 12.3 Å². The van der Waals surface area contributed by atoms with Gasteiger partial charge in [0.15, 0.2) is 21.3 Å². The third-order valence-corrected chi connectivity index (χ3v) is 4.67. The van der Waals surface area contributed by atoms with Gasteiger partial charge < -0.3 is 9.47 Å². The second-order valence-corrected chi connectivity index (χ2v) is 6.56. The van der Waals surface area contributed by atoms with Crippen LogP contribution in [0, 0.1) is 6.92 Å². The zero-order valence-electron chi connectivity index (χ0n) is 12.2. The van der Waals surface area contributed by atoms with Gasteiger partial charge in [-0.25, -0.2) is 8.42 Å². The summed E-state index contributed by atoms with van der Waals surface area (Å²) < 4.78 is 35.3. The standard InChI is InChI=1S/C15H17NO4S/c1-11-5-4-6-12(9-11)21(17,18)10-13-15(20-3)14(19-2)7-8-16-13/h4-9H,10H2,1-3H3. The van der Waals surface area contributed by atoms with Crippen molar-refractivity contribution in [3.8, 4) is 11.5 Å². The summed E-state index contributed by atoms with van der Waals surface area (Å²) in [5.41, 5.74) is 1.22. The molecule has 0 fully saturated rings. The summed E-state index contributed by atoms with van der Waals surface area (Å²) >= 11 is 0. The van der Waals surface area contributed by atoms with Gasteiger partial charge in [0.25, 0.3) is 0 Å². The molecular weight excluding hydrogens is 290 g/mol. The molecule has 0 spiro atoms. The minimum absolute atomic E-state index is 0.239. The van der Waals surface area contributed by atoms with Crippen molar-refractivity contribution in [2.45, 2.75) is 17.6 Å². The van der Waals surface area contributed by atoms with Crippen LogP contribution >= 0.6 is 0 Å². The molecule has 1 heterocycles. The van der Waals surface area contributed by atoms with Crippen LogP contribution in [0.3, 0.4) is 0 Å². The first-order valence-corrected chi connectivity index (χ1v) is 7.98. The van der Waals surface area contributed by atoms with Crippen molar-refractivity contribution in [3.05, 3.63) is 47.8 Å². The molecule has 0 unspecified atom stereocenters.